The number of alkyl halides is 3. The fourth-order valence-corrected chi connectivity index (χ4v) is 1.38. The summed E-state index contributed by atoms with van der Waals surface area (Å²) in [6.45, 7) is 0. The molecule has 1 heterocycles. The molecule has 2 N–H and O–H groups in total. The van der Waals surface area contributed by atoms with Crippen LogP contribution in [0, 0.1) is 0 Å². The first-order chi connectivity index (χ1) is 6.61. The second-order valence-corrected chi connectivity index (χ2v) is 2.81. The van der Waals surface area contributed by atoms with Crippen LogP contribution in [0.3, 0.4) is 0 Å². The molecule has 0 aliphatic rings. The van der Waals surface area contributed by atoms with Gasteiger partial charge in [0.25, 0.3) is 6.43 Å². The molecule has 1 aromatic heterocycles. The molecule has 3 nitrogen and oxygen atoms in total. The maximum absolute atomic E-state index is 12.5. The Morgan fingerprint density at radius 2 is 2.29 bits per heavy atom. The predicted molar refractivity (Wildman–Crippen MR) is 48.6 cm³/mol. The van der Waals surface area contributed by atoms with E-state index in [1.807, 2.05) is 0 Å². The highest BCUT2D eigenvalue weighted by atomic mass is 35.5. The zero-order valence-electron chi connectivity index (χ0n) is 7.01. The minimum absolute atomic E-state index is 0.0683. The Hall–Kier alpha value is -1.23. The monoisotopic (exact) mass is 220 g/mol. The highest BCUT2D eigenvalue weighted by molar-refractivity contribution is 6.17. The second-order valence-electron chi connectivity index (χ2n) is 2.54. The van der Waals surface area contributed by atoms with Gasteiger partial charge in [-0.3, -0.25) is 9.78 Å². The van der Waals surface area contributed by atoms with E-state index in [0.29, 0.717) is 0 Å². The summed E-state index contributed by atoms with van der Waals surface area (Å²) in [5.41, 5.74) is 4.74. The lowest BCUT2D eigenvalue weighted by Crippen LogP contribution is -2.05. The Balaban J connectivity index is 3.43. The molecule has 0 unspecified atom stereocenters. The van der Waals surface area contributed by atoms with Crippen LogP contribution in [0.1, 0.15) is 28.0 Å². The van der Waals surface area contributed by atoms with Crippen molar-refractivity contribution in [1.82, 2.24) is 4.98 Å². The van der Waals surface area contributed by atoms with E-state index in [-0.39, 0.29) is 29.1 Å². The highest BCUT2D eigenvalue weighted by Crippen LogP contribution is 2.29. The summed E-state index contributed by atoms with van der Waals surface area (Å²) < 4.78 is 25.1. The molecule has 0 spiro atoms. The summed E-state index contributed by atoms with van der Waals surface area (Å²) in [6.07, 6.45) is -1.40. The lowest BCUT2D eigenvalue weighted by molar-refractivity contribution is 0.110. The Labute approximate surface area is 83.9 Å². The van der Waals surface area contributed by atoms with E-state index in [1.54, 1.807) is 0 Å². The molecular formula is C8H7ClF2N2O. The maximum atomic E-state index is 12.5. The number of hydrogen-bond acceptors (Lipinski definition) is 3. The highest BCUT2D eigenvalue weighted by Gasteiger charge is 2.20. The van der Waals surface area contributed by atoms with Crippen LogP contribution in [0.5, 0.6) is 0 Å². The van der Waals surface area contributed by atoms with Gasteiger partial charge in [0.15, 0.2) is 6.29 Å². The summed E-state index contributed by atoms with van der Waals surface area (Å²) >= 11 is 5.45. The van der Waals surface area contributed by atoms with Gasteiger partial charge in [-0.2, -0.15) is 0 Å². The normalized spacial score (nSPS) is 10.6. The van der Waals surface area contributed by atoms with Crippen molar-refractivity contribution in [2.75, 3.05) is 5.73 Å². The average Bonchev–Trinajstić information content (AvgIpc) is 2.17. The SMILES string of the molecule is Nc1cnc(C=O)c(C(F)F)c1CCl. The molecular weight excluding hydrogens is 214 g/mol. The van der Waals surface area contributed by atoms with Gasteiger partial charge >= 0.3 is 0 Å². The third kappa shape index (κ3) is 1.82. The molecule has 0 saturated carbocycles. The number of nitrogens with two attached hydrogens (primary N) is 1. The molecule has 0 aliphatic carbocycles. The minimum Gasteiger partial charge on any atom is -0.397 e. The number of carbonyl (C=O) groups excluding carboxylic acids is 1. The van der Waals surface area contributed by atoms with Crippen molar-refractivity contribution in [2.45, 2.75) is 12.3 Å². The van der Waals surface area contributed by atoms with E-state index < -0.39 is 12.0 Å². The minimum atomic E-state index is -2.81. The standard InChI is InChI=1S/C8H7ClF2N2O/c9-1-4-5(12)2-13-6(3-14)7(4)8(10)11/h2-3,8H,1,12H2. The smallest absolute Gasteiger partial charge is 0.266 e. The van der Waals surface area contributed by atoms with Gasteiger partial charge in [-0.1, -0.05) is 0 Å². The molecule has 0 amide bonds. The molecule has 0 aromatic carbocycles. The number of aldehydes is 1. The summed E-state index contributed by atoms with van der Waals surface area (Å²) in [4.78, 5) is 13.9. The Morgan fingerprint density at radius 3 is 2.71 bits per heavy atom. The van der Waals surface area contributed by atoms with Crippen LogP contribution in [-0.4, -0.2) is 11.3 Å². The van der Waals surface area contributed by atoms with Crippen LogP contribution < -0.4 is 5.73 Å². The predicted octanol–water partition coefficient (Wildman–Crippen LogP) is 2.15. The molecule has 0 fully saturated rings. The fourth-order valence-electron chi connectivity index (χ4n) is 1.08. The molecule has 0 atom stereocenters. The van der Waals surface area contributed by atoms with E-state index in [0.717, 1.165) is 6.20 Å². The van der Waals surface area contributed by atoms with Gasteiger partial charge in [0.05, 0.1) is 23.3 Å². The van der Waals surface area contributed by atoms with Crippen LogP contribution in [0.4, 0.5) is 14.5 Å². The molecule has 0 radical (unpaired) electrons. The van der Waals surface area contributed by atoms with Gasteiger partial charge in [-0.15, -0.1) is 11.6 Å². The Kier molecular flexibility index (Phi) is 3.35. The molecule has 0 saturated heterocycles. The lowest BCUT2D eigenvalue weighted by Gasteiger charge is -2.10. The van der Waals surface area contributed by atoms with E-state index in [1.165, 1.54) is 0 Å². The molecule has 14 heavy (non-hydrogen) atoms. The summed E-state index contributed by atoms with van der Waals surface area (Å²) in [5, 5.41) is 0. The molecule has 0 bridgehead atoms. The van der Waals surface area contributed by atoms with Gasteiger partial charge in [0.1, 0.15) is 5.69 Å². The van der Waals surface area contributed by atoms with Crippen molar-refractivity contribution in [3.05, 3.63) is 23.0 Å². The van der Waals surface area contributed by atoms with Crippen LogP contribution in [0.25, 0.3) is 0 Å². The summed E-state index contributed by atoms with van der Waals surface area (Å²) in [7, 11) is 0. The van der Waals surface area contributed by atoms with Crippen molar-refractivity contribution in [1.29, 1.82) is 0 Å². The third-order valence-electron chi connectivity index (χ3n) is 1.76. The summed E-state index contributed by atoms with van der Waals surface area (Å²) in [5.74, 6) is -0.172. The number of hydrogen-bond donors (Lipinski definition) is 1. The van der Waals surface area contributed by atoms with E-state index >= 15 is 0 Å². The summed E-state index contributed by atoms with van der Waals surface area (Å²) in [6, 6.07) is 0. The fraction of sp³-hybridized carbons (Fsp3) is 0.250. The first-order valence-electron chi connectivity index (χ1n) is 3.68. The van der Waals surface area contributed by atoms with Crippen LogP contribution in [-0.2, 0) is 5.88 Å². The number of anilines is 1. The Bertz CT molecular complexity index is 357. The van der Waals surface area contributed by atoms with Crippen molar-refractivity contribution in [3.8, 4) is 0 Å². The van der Waals surface area contributed by atoms with E-state index in [9.17, 15) is 13.6 Å². The van der Waals surface area contributed by atoms with Crippen molar-refractivity contribution >= 4 is 23.6 Å². The molecule has 1 aromatic rings. The van der Waals surface area contributed by atoms with Gasteiger partial charge in [0.2, 0.25) is 0 Å². The maximum Gasteiger partial charge on any atom is 0.266 e. The number of halogens is 3. The average molecular weight is 221 g/mol. The quantitative estimate of drug-likeness (QED) is 0.627. The van der Waals surface area contributed by atoms with Crippen molar-refractivity contribution < 1.29 is 13.6 Å². The number of pyridine rings is 1. The van der Waals surface area contributed by atoms with Crippen LogP contribution in [0.2, 0.25) is 0 Å². The number of nitrogens with zero attached hydrogens (tertiary/aromatic N) is 1. The van der Waals surface area contributed by atoms with Crippen molar-refractivity contribution in [2.24, 2.45) is 0 Å². The van der Waals surface area contributed by atoms with Crippen LogP contribution in [0.15, 0.2) is 6.20 Å². The molecule has 1 rings (SSSR count). The number of carbonyl (C=O) groups is 1. The third-order valence-corrected chi connectivity index (χ3v) is 2.02. The van der Waals surface area contributed by atoms with E-state index in [2.05, 4.69) is 4.98 Å². The first-order valence-corrected chi connectivity index (χ1v) is 4.21. The zero-order valence-corrected chi connectivity index (χ0v) is 7.76. The van der Waals surface area contributed by atoms with E-state index in [4.69, 9.17) is 17.3 Å². The van der Waals surface area contributed by atoms with Gasteiger partial charge in [-0.05, 0) is 0 Å². The van der Waals surface area contributed by atoms with Crippen molar-refractivity contribution in [3.63, 3.8) is 0 Å². The first kappa shape index (κ1) is 10.8. The zero-order chi connectivity index (χ0) is 10.7. The van der Waals surface area contributed by atoms with Gasteiger partial charge < -0.3 is 5.73 Å². The molecule has 76 valence electrons. The van der Waals surface area contributed by atoms with Crippen LogP contribution >= 0.6 is 11.6 Å². The van der Waals surface area contributed by atoms with Gasteiger partial charge in [-0.25, -0.2) is 8.78 Å². The largest absolute Gasteiger partial charge is 0.397 e. The number of aromatic nitrogens is 1. The molecule has 6 heteroatoms. The van der Waals surface area contributed by atoms with Gasteiger partial charge in [0, 0.05) is 5.56 Å². The number of rotatable bonds is 3. The molecule has 0 aliphatic heterocycles. The number of nitrogen functional groups attached to an aromatic ring is 1. The Morgan fingerprint density at radius 1 is 1.64 bits per heavy atom. The lowest BCUT2D eigenvalue weighted by atomic mass is 10.1. The second kappa shape index (κ2) is 4.32. The topological polar surface area (TPSA) is 56.0 Å².